The number of nitrogens with one attached hydrogen (secondary N) is 1. The molecule has 124 valence electrons. The summed E-state index contributed by atoms with van der Waals surface area (Å²) in [7, 11) is 0. The number of amides is 1. The summed E-state index contributed by atoms with van der Waals surface area (Å²) in [4.78, 5) is 10.6. The minimum absolute atomic E-state index is 0.398. The number of thioether (sulfide) groups is 1. The van der Waals surface area contributed by atoms with Crippen LogP contribution in [0.4, 0.5) is 0 Å². The molecule has 1 N–H and O–H groups in total. The molecule has 3 heteroatoms. The van der Waals surface area contributed by atoms with Crippen molar-refractivity contribution in [2.45, 2.75) is 4.75 Å². The molecule has 0 bridgehead atoms. The van der Waals surface area contributed by atoms with E-state index in [0.29, 0.717) is 6.41 Å². The van der Waals surface area contributed by atoms with Gasteiger partial charge in [0, 0.05) is 6.20 Å². The van der Waals surface area contributed by atoms with E-state index in [1.54, 1.807) is 18.0 Å². The lowest BCUT2D eigenvalue weighted by Gasteiger charge is -2.34. The van der Waals surface area contributed by atoms with Crippen LogP contribution in [-0.4, -0.2) is 6.41 Å². The third-order valence-corrected chi connectivity index (χ3v) is 5.35. The predicted octanol–water partition coefficient (Wildman–Crippen LogP) is 4.93. The molecule has 0 aliphatic rings. The number of hydrogen-bond acceptors (Lipinski definition) is 2. The second kappa shape index (κ2) is 8.36. The Labute approximate surface area is 152 Å². The van der Waals surface area contributed by atoms with E-state index in [0.717, 1.165) is 0 Å². The van der Waals surface area contributed by atoms with Gasteiger partial charge >= 0.3 is 0 Å². The van der Waals surface area contributed by atoms with Crippen molar-refractivity contribution >= 4 is 18.2 Å². The monoisotopic (exact) mass is 345 g/mol. The molecule has 3 aromatic carbocycles. The first-order valence-electron chi connectivity index (χ1n) is 8.07. The first-order chi connectivity index (χ1) is 12.4. The van der Waals surface area contributed by atoms with Crippen LogP contribution in [0.15, 0.2) is 103 Å². The number of carbonyl (C=O) groups is 1. The fraction of sp³-hybridized carbons (Fsp3) is 0.0455. The van der Waals surface area contributed by atoms with Gasteiger partial charge in [0.05, 0.1) is 4.75 Å². The maximum absolute atomic E-state index is 10.6. The van der Waals surface area contributed by atoms with Crippen LogP contribution in [0.1, 0.15) is 16.7 Å². The van der Waals surface area contributed by atoms with Gasteiger partial charge in [-0.2, -0.15) is 0 Å². The van der Waals surface area contributed by atoms with Crippen molar-refractivity contribution < 1.29 is 4.79 Å². The van der Waals surface area contributed by atoms with Crippen molar-refractivity contribution in [3.63, 3.8) is 0 Å². The molecule has 0 atom stereocenters. The zero-order valence-corrected chi connectivity index (χ0v) is 14.5. The van der Waals surface area contributed by atoms with Crippen LogP contribution in [0.5, 0.6) is 0 Å². The highest BCUT2D eigenvalue weighted by atomic mass is 32.2. The van der Waals surface area contributed by atoms with E-state index in [-0.39, 0.29) is 0 Å². The highest BCUT2D eigenvalue weighted by Crippen LogP contribution is 2.48. The Hall–Kier alpha value is -2.78. The van der Waals surface area contributed by atoms with Gasteiger partial charge in [0.25, 0.3) is 0 Å². The van der Waals surface area contributed by atoms with E-state index in [1.807, 2.05) is 23.6 Å². The third kappa shape index (κ3) is 3.67. The lowest BCUT2D eigenvalue weighted by atomic mass is 9.84. The predicted molar refractivity (Wildman–Crippen MR) is 105 cm³/mol. The summed E-state index contributed by atoms with van der Waals surface area (Å²) < 4.78 is -0.398. The topological polar surface area (TPSA) is 29.1 Å². The second-order valence-corrected chi connectivity index (χ2v) is 6.60. The van der Waals surface area contributed by atoms with Crippen molar-refractivity contribution in [2.24, 2.45) is 0 Å². The minimum Gasteiger partial charge on any atom is -0.335 e. The molecule has 2 nitrogen and oxygen atoms in total. The second-order valence-electron chi connectivity index (χ2n) is 5.48. The van der Waals surface area contributed by atoms with Crippen LogP contribution in [0, 0.1) is 0 Å². The average molecular weight is 345 g/mol. The molecule has 0 aliphatic heterocycles. The molecule has 0 unspecified atom stereocenters. The van der Waals surface area contributed by atoms with E-state index >= 15 is 0 Å². The number of carbonyl (C=O) groups excluding carboxylic acids is 1. The molecule has 3 rings (SSSR count). The van der Waals surface area contributed by atoms with Gasteiger partial charge in [-0.25, -0.2) is 0 Å². The Morgan fingerprint density at radius 1 is 0.680 bits per heavy atom. The maximum Gasteiger partial charge on any atom is 0.211 e. The van der Waals surface area contributed by atoms with Gasteiger partial charge in [-0.05, 0) is 22.1 Å². The molecular formula is C22H19NOS. The lowest BCUT2D eigenvalue weighted by molar-refractivity contribution is -0.108. The van der Waals surface area contributed by atoms with E-state index in [2.05, 4.69) is 78.1 Å². The van der Waals surface area contributed by atoms with Gasteiger partial charge in [0.1, 0.15) is 0 Å². The molecule has 0 fully saturated rings. The Morgan fingerprint density at radius 2 is 1.08 bits per heavy atom. The maximum atomic E-state index is 10.6. The van der Waals surface area contributed by atoms with E-state index in [9.17, 15) is 4.79 Å². The summed E-state index contributed by atoms with van der Waals surface area (Å²) >= 11 is 1.67. The van der Waals surface area contributed by atoms with Crippen molar-refractivity contribution in [1.82, 2.24) is 5.32 Å². The van der Waals surface area contributed by atoms with Crippen LogP contribution in [0.2, 0.25) is 0 Å². The quantitative estimate of drug-likeness (QED) is 0.486. The van der Waals surface area contributed by atoms with Gasteiger partial charge in [-0.3, -0.25) is 4.79 Å². The smallest absolute Gasteiger partial charge is 0.211 e. The highest BCUT2D eigenvalue weighted by Gasteiger charge is 2.36. The van der Waals surface area contributed by atoms with Gasteiger partial charge < -0.3 is 5.32 Å². The normalized spacial score (nSPS) is 11.4. The summed E-state index contributed by atoms with van der Waals surface area (Å²) in [5.41, 5.74) is 3.56. The van der Waals surface area contributed by atoms with E-state index in [1.165, 1.54) is 16.7 Å². The summed E-state index contributed by atoms with van der Waals surface area (Å²) in [5.74, 6) is 0. The van der Waals surface area contributed by atoms with Gasteiger partial charge in [0.2, 0.25) is 6.41 Å². The van der Waals surface area contributed by atoms with Crippen LogP contribution in [0.3, 0.4) is 0 Å². The Morgan fingerprint density at radius 3 is 1.44 bits per heavy atom. The van der Waals surface area contributed by atoms with Crippen LogP contribution >= 0.6 is 11.8 Å². The summed E-state index contributed by atoms with van der Waals surface area (Å²) in [5, 5.41) is 4.53. The van der Waals surface area contributed by atoms with Crippen LogP contribution in [0.25, 0.3) is 0 Å². The SMILES string of the molecule is O=CN/C=C\SC(c1ccccc1)(c1ccccc1)c1ccccc1. The first kappa shape index (κ1) is 17.1. The molecule has 0 aliphatic carbocycles. The van der Waals surface area contributed by atoms with Crippen LogP contribution < -0.4 is 5.32 Å². The first-order valence-corrected chi connectivity index (χ1v) is 8.95. The van der Waals surface area contributed by atoms with Gasteiger partial charge in [-0.15, -0.1) is 11.8 Å². The number of rotatable bonds is 7. The van der Waals surface area contributed by atoms with Gasteiger partial charge in [0.15, 0.2) is 0 Å². The molecule has 0 saturated carbocycles. The molecule has 0 spiro atoms. The Bertz CT molecular complexity index is 720. The number of hydrogen-bond donors (Lipinski definition) is 1. The fourth-order valence-electron chi connectivity index (χ4n) is 2.94. The van der Waals surface area contributed by atoms with Crippen molar-refractivity contribution in [2.75, 3.05) is 0 Å². The zero-order chi connectivity index (χ0) is 17.4. The lowest BCUT2D eigenvalue weighted by Crippen LogP contribution is -2.25. The molecule has 0 aromatic heterocycles. The van der Waals surface area contributed by atoms with Gasteiger partial charge in [-0.1, -0.05) is 91.0 Å². The largest absolute Gasteiger partial charge is 0.335 e. The Balaban J connectivity index is 2.22. The Kier molecular flexibility index (Phi) is 5.70. The number of benzene rings is 3. The van der Waals surface area contributed by atoms with E-state index in [4.69, 9.17) is 0 Å². The third-order valence-electron chi connectivity index (χ3n) is 4.02. The standard InChI is InChI=1S/C22H19NOS/c24-18-23-16-17-25-22(19-10-4-1-5-11-19,20-12-6-2-7-13-20)21-14-8-3-9-15-21/h1-18H,(H,23,24)/b17-16-. The zero-order valence-electron chi connectivity index (χ0n) is 13.7. The molecular weight excluding hydrogens is 326 g/mol. The average Bonchev–Trinajstić information content (AvgIpc) is 2.70. The highest BCUT2D eigenvalue weighted by molar-refractivity contribution is 8.03. The van der Waals surface area contributed by atoms with Crippen molar-refractivity contribution in [3.05, 3.63) is 119 Å². The van der Waals surface area contributed by atoms with Crippen LogP contribution in [-0.2, 0) is 9.54 Å². The van der Waals surface area contributed by atoms with Crippen molar-refractivity contribution in [3.8, 4) is 0 Å². The fourth-order valence-corrected chi connectivity index (χ4v) is 4.10. The minimum atomic E-state index is -0.398. The van der Waals surface area contributed by atoms with Crippen molar-refractivity contribution in [1.29, 1.82) is 0 Å². The molecule has 0 heterocycles. The molecule has 25 heavy (non-hydrogen) atoms. The molecule has 1 amide bonds. The molecule has 0 radical (unpaired) electrons. The summed E-state index contributed by atoms with van der Waals surface area (Å²) in [6, 6.07) is 31.3. The molecule has 3 aromatic rings. The summed E-state index contributed by atoms with van der Waals surface area (Å²) in [6.45, 7) is 0. The summed E-state index contributed by atoms with van der Waals surface area (Å²) in [6.07, 6.45) is 2.34. The molecule has 0 saturated heterocycles. The van der Waals surface area contributed by atoms with E-state index < -0.39 is 4.75 Å².